The van der Waals surface area contributed by atoms with Crippen molar-refractivity contribution in [2.24, 2.45) is 12.2 Å². The van der Waals surface area contributed by atoms with E-state index in [1.165, 1.54) is 0 Å². The first-order valence-corrected chi connectivity index (χ1v) is 9.24. The first-order valence-electron chi connectivity index (χ1n) is 9.24. The maximum atomic E-state index is 11.8. The first-order chi connectivity index (χ1) is 14.3. The summed E-state index contributed by atoms with van der Waals surface area (Å²) in [5.74, 6) is 1.06. The maximum Gasteiger partial charge on any atom is 0.413 e. The number of carbonyl (C=O) groups excluding carboxylic acids is 1. The number of ether oxygens (including phenoxy) is 1. The molecule has 0 saturated carbocycles. The van der Waals surface area contributed by atoms with Crippen LogP contribution in [0, 0.1) is 0 Å². The van der Waals surface area contributed by atoms with Gasteiger partial charge in [0.2, 0.25) is 0 Å². The molecular formula is C20H23N7O3. The molecule has 0 saturated heterocycles. The highest BCUT2D eigenvalue weighted by molar-refractivity contribution is 5.83. The summed E-state index contributed by atoms with van der Waals surface area (Å²) >= 11 is 0. The number of nitrogens with one attached hydrogen (secondary N) is 1. The summed E-state index contributed by atoms with van der Waals surface area (Å²) < 4.78 is 6.81. The third-order valence-electron chi connectivity index (χ3n) is 3.71. The molecular weight excluding hydrogens is 386 g/mol. The van der Waals surface area contributed by atoms with Crippen molar-refractivity contribution < 1.29 is 14.4 Å². The number of carbonyl (C=O) groups is 1. The topological polar surface area (TPSA) is 116 Å². The first kappa shape index (κ1) is 20.9. The highest BCUT2D eigenvalue weighted by Gasteiger charge is 2.16. The molecule has 0 aliphatic carbocycles. The Labute approximate surface area is 173 Å². The average molecular weight is 409 g/mol. The zero-order valence-corrected chi connectivity index (χ0v) is 17.2. The number of rotatable bonds is 6. The molecule has 0 fully saturated rings. The Balaban J connectivity index is 1.52. The molecule has 0 aliphatic heterocycles. The Hall–Kier alpha value is -3.82. The van der Waals surface area contributed by atoms with Crippen LogP contribution >= 0.6 is 0 Å². The minimum Gasteiger partial charge on any atom is -0.444 e. The molecule has 0 unspecified atom stereocenters. The van der Waals surface area contributed by atoms with Gasteiger partial charge in [-0.25, -0.2) is 14.5 Å². The molecule has 10 heteroatoms. The van der Waals surface area contributed by atoms with Crippen molar-refractivity contribution in [3.8, 4) is 11.4 Å². The number of oxime groups is 1. The number of amides is 1. The van der Waals surface area contributed by atoms with Crippen LogP contribution in [-0.4, -0.2) is 43.1 Å². The van der Waals surface area contributed by atoms with E-state index in [9.17, 15) is 4.79 Å². The second kappa shape index (κ2) is 9.12. The molecule has 0 spiro atoms. The van der Waals surface area contributed by atoms with E-state index in [2.05, 4.69) is 31.0 Å². The summed E-state index contributed by atoms with van der Waals surface area (Å²) in [4.78, 5) is 21.5. The van der Waals surface area contributed by atoms with E-state index in [0.29, 0.717) is 17.3 Å². The Morgan fingerprint density at radius 3 is 2.63 bits per heavy atom. The molecule has 30 heavy (non-hydrogen) atoms. The predicted molar refractivity (Wildman–Crippen MR) is 111 cm³/mol. The summed E-state index contributed by atoms with van der Waals surface area (Å²) in [6, 6.07) is 12.8. The summed E-state index contributed by atoms with van der Waals surface area (Å²) in [6.07, 6.45) is 1.04. The molecule has 2 heterocycles. The van der Waals surface area contributed by atoms with Gasteiger partial charge in [-0.2, -0.15) is 0 Å². The Morgan fingerprint density at radius 1 is 1.20 bits per heavy atom. The SMILES string of the molecule is Cn1nnnc1-c1ccc(/C=N\OCc2cccc(NC(=O)OC(C)(C)C)n2)cc1. The van der Waals surface area contributed by atoms with Crippen LogP contribution in [0.2, 0.25) is 0 Å². The van der Waals surface area contributed by atoms with Crippen molar-refractivity contribution in [3.63, 3.8) is 0 Å². The maximum absolute atomic E-state index is 11.8. The number of tetrazole rings is 1. The summed E-state index contributed by atoms with van der Waals surface area (Å²) in [7, 11) is 1.78. The Morgan fingerprint density at radius 2 is 1.97 bits per heavy atom. The van der Waals surface area contributed by atoms with Crippen LogP contribution in [0.1, 0.15) is 32.0 Å². The van der Waals surface area contributed by atoms with Crippen molar-refractivity contribution in [2.45, 2.75) is 33.0 Å². The largest absolute Gasteiger partial charge is 0.444 e. The minimum atomic E-state index is -0.580. The summed E-state index contributed by atoms with van der Waals surface area (Å²) in [5, 5.41) is 18.0. The van der Waals surface area contributed by atoms with Gasteiger partial charge in [-0.1, -0.05) is 35.5 Å². The van der Waals surface area contributed by atoms with Crippen LogP contribution in [-0.2, 0) is 23.2 Å². The number of benzene rings is 1. The van der Waals surface area contributed by atoms with E-state index in [-0.39, 0.29) is 6.61 Å². The van der Waals surface area contributed by atoms with E-state index in [1.807, 2.05) is 24.3 Å². The highest BCUT2D eigenvalue weighted by atomic mass is 16.6. The van der Waals surface area contributed by atoms with Crippen molar-refractivity contribution >= 4 is 18.1 Å². The molecule has 3 rings (SSSR count). The molecule has 0 atom stereocenters. The number of aryl methyl sites for hydroxylation is 1. The van der Waals surface area contributed by atoms with Gasteiger partial charge in [0.1, 0.15) is 11.4 Å². The highest BCUT2D eigenvalue weighted by Crippen LogP contribution is 2.15. The number of aromatic nitrogens is 5. The Kier molecular flexibility index (Phi) is 6.35. The van der Waals surface area contributed by atoms with Gasteiger partial charge in [0.15, 0.2) is 12.4 Å². The fourth-order valence-electron chi connectivity index (χ4n) is 2.43. The number of pyridine rings is 1. The van der Waals surface area contributed by atoms with Gasteiger partial charge in [-0.3, -0.25) is 5.32 Å². The lowest BCUT2D eigenvalue weighted by molar-refractivity contribution is 0.0635. The van der Waals surface area contributed by atoms with Crippen LogP contribution in [0.25, 0.3) is 11.4 Å². The average Bonchev–Trinajstić information content (AvgIpc) is 3.10. The fraction of sp³-hybridized carbons (Fsp3) is 0.300. The molecule has 0 aliphatic rings. The molecule has 1 N–H and O–H groups in total. The smallest absolute Gasteiger partial charge is 0.413 e. The monoisotopic (exact) mass is 409 g/mol. The van der Waals surface area contributed by atoms with Gasteiger partial charge in [0, 0.05) is 12.6 Å². The van der Waals surface area contributed by atoms with Gasteiger partial charge in [0.25, 0.3) is 0 Å². The van der Waals surface area contributed by atoms with E-state index < -0.39 is 11.7 Å². The molecule has 1 aromatic carbocycles. The van der Waals surface area contributed by atoms with E-state index >= 15 is 0 Å². The number of hydrogen-bond donors (Lipinski definition) is 1. The lowest BCUT2D eigenvalue weighted by Crippen LogP contribution is -2.27. The second-order valence-electron chi connectivity index (χ2n) is 7.40. The number of anilines is 1. The van der Waals surface area contributed by atoms with Crippen molar-refractivity contribution in [3.05, 3.63) is 53.7 Å². The van der Waals surface area contributed by atoms with Gasteiger partial charge < -0.3 is 9.57 Å². The van der Waals surface area contributed by atoms with Gasteiger partial charge >= 0.3 is 6.09 Å². The van der Waals surface area contributed by atoms with Gasteiger partial charge in [-0.05, 0) is 48.9 Å². The van der Waals surface area contributed by atoms with Gasteiger partial charge in [-0.15, -0.1) is 5.10 Å². The number of nitrogens with zero attached hydrogens (tertiary/aromatic N) is 6. The van der Waals surface area contributed by atoms with Crippen molar-refractivity contribution in [1.82, 2.24) is 25.2 Å². The molecule has 2 aromatic heterocycles. The number of hydrogen-bond acceptors (Lipinski definition) is 8. The lowest BCUT2D eigenvalue weighted by Gasteiger charge is -2.19. The van der Waals surface area contributed by atoms with Crippen LogP contribution < -0.4 is 5.32 Å². The fourth-order valence-corrected chi connectivity index (χ4v) is 2.43. The van der Waals surface area contributed by atoms with Crippen LogP contribution in [0.4, 0.5) is 10.6 Å². The third-order valence-corrected chi connectivity index (χ3v) is 3.71. The second-order valence-corrected chi connectivity index (χ2v) is 7.40. The molecule has 156 valence electrons. The van der Waals surface area contributed by atoms with E-state index in [1.54, 1.807) is 56.9 Å². The van der Waals surface area contributed by atoms with Crippen molar-refractivity contribution in [2.75, 3.05) is 5.32 Å². The predicted octanol–water partition coefficient (Wildman–Crippen LogP) is 3.17. The van der Waals surface area contributed by atoms with E-state index in [0.717, 1.165) is 11.1 Å². The van der Waals surface area contributed by atoms with Gasteiger partial charge in [0.05, 0.1) is 11.9 Å². The quantitative estimate of drug-likeness (QED) is 0.491. The molecule has 0 radical (unpaired) electrons. The molecule has 0 bridgehead atoms. The van der Waals surface area contributed by atoms with Crippen LogP contribution in [0.15, 0.2) is 47.6 Å². The Bertz CT molecular complexity index is 1020. The lowest BCUT2D eigenvalue weighted by atomic mass is 10.1. The molecule has 1 amide bonds. The summed E-state index contributed by atoms with van der Waals surface area (Å²) in [6.45, 7) is 5.54. The standard InChI is InChI=1S/C20H23N7O3/c1-20(2,3)30-19(28)23-17-7-5-6-16(22-17)13-29-21-12-14-8-10-15(11-9-14)18-24-25-26-27(18)4/h5-12H,13H2,1-4H3,(H,22,23,28)/b21-12-. The van der Waals surface area contributed by atoms with Crippen LogP contribution in [0.3, 0.4) is 0 Å². The van der Waals surface area contributed by atoms with Crippen LogP contribution in [0.5, 0.6) is 0 Å². The normalized spacial score (nSPS) is 11.5. The molecule has 3 aromatic rings. The van der Waals surface area contributed by atoms with Crippen molar-refractivity contribution in [1.29, 1.82) is 0 Å². The minimum absolute atomic E-state index is 0.156. The third kappa shape index (κ3) is 6.09. The zero-order valence-electron chi connectivity index (χ0n) is 17.2. The van der Waals surface area contributed by atoms with E-state index in [4.69, 9.17) is 9.57 Å². The summed E-state index contributed by atoms with van der Waals surface area (Å²) in [5.41, 5.74) is 1.80. The zero-order chi connectivity index (χ0) is 21.6. The molecule has 10 nitrogen and oxygen atoms in total.